The molecule has 196 valence electrons. The molecule has 0 unspecified atom stereocenters. The van der Waals surface area contributed by atoms with E-state index in [2.05, 4.69) is 126 Å². The number of benzene rings is 6. The van der Waals surface area contributed by atoms with Crippen molar-refractivity contribution in [3.63, 3.8) is 0 Å². The van der Waals surface area contributed by atoms with Crippen LogP contribution in [-0.2, 0) is 0 Å². The van der Waals surface area contributed by atoms with Crippen LogP contribution in [0.5, 0.6) is 0 Å². The van der Waals surface area contributed by atoms with E-state index in [-0.39, 0.29) is 0 Å². The van der Waals surface area contributed by atoms with Crippen molar-refractivity contribution in [3.8, 4) is 33.5 Å². The van der Waals surface area contributed by atoms with Crippen molar-refractivity contribution in [2.75, 3.05) is 0 Å². The summed E-state index contributed by atoms with van der Waals surface area (Å²) in [7, 11) is 0. The van der Waals surface area contributed by atoms with Crippen LogP contribution in [-0.4, -0.2) is 9.97 Å². The number of fused-ring (bicyclic) bond motifs is 8. The Hall–Kier alpha value is -5.32. The normalized spacial score (nSPS) is 11.8. The second-order valence-electron chi connectivity index (χ2n) is 10.6. The number of hydrogen-bond acceptors (Lipinski definition) is 4. The second-order valence-corrected chi connectivity index (χ2v) is 11.7. The van der Waals surface area contributed by atoms with Crippen LogP contribution >= 0.6 is 11.3 Å². The first-order valence-electron chi connectivity index (χ1n) is 14.0. The van der Waals surface area contributed by atoms with Crippen molar-refractivity contribution >= 4 is 64.5 Å². The fourth-order valence-electron chi connectivity index (χ4n) is 6.14. The van der Waals surface area contributed by atoms with Crippen LogP contribution in [0.4, 0.5) is 0 Å². The highest BCUT2D eigenvalue weighted by atomic mass is 32.1. The monoisotopic (exact) mass is 554 g/mol. The minimum Gasteiger partial charge on any atom is -0.436 e. The molecule has 3 nitrogen and oxygen atoms in total. The van der Waals surface area contributed by atoms with E-state index in [0.717, 1.165) is 44.1 Å². The van der Waals surface area contributed by atoms with E-state index in [0.29, 0.717) is 5.71 Å². The van der Waals surface area contributed by atoms with Crippen LogP contribution in [0.3, 0.4) is 0 Å². The second kappa shape index (κ2) is 9.10. The molecular weight excluding hydrogens is 532 g/mol. The summed E-state index contributed by atoms with van der Waals surface area (Å²) in [6, 6.07) is 45.1. The first-order valence-corrected chi connectivity index (χ1v) is 14.8. The molecule has 0 aliphatic heterocycles. The minimum absolute atomic E-state index is 0.560. The van der Waals surface area contributed by atoms with Gasteiger partial charge in [-0.25, -0.2) is 9.97 Å². The van der Waals surface area contributed by atoms with Gasteiger partial charge < -0.3 is 4.42 Å². The maximum absolute atomic E-state index is 6.08. The summed E-state index contributed by atoms with van der Waals surface area (Å²) < 4.78 is 8.72. The fraction of sp³-hybridized carbons (Fsp3) is 0. The van der Waals surface area contributed by atoms with E-state index in [1.165, 1.54) is 36.9 Å². The van der Waals surface area contributed by atoms with Gasteiger partial charge in [-0.1, -0.05) is 103 Å². The third-order valence-corrected chi connectivity index (χ3v) is 9.36. The Labute approximate surface area is 245 Å². The highest BCUT2D eigenvalue weighted by Crippen LogP contribution is 2.41. The fourth-order valence-corrected chi connectivity index (χ4v) is 7.38. The van der Waals surface area contributed by atoms with Gasteiger partial charge in [-0.2, -0.15) is 0 Å². The van der Waals surface area contributed by atoms with Crippen molar-refractivity contribution in [1.82, 2.24) is 9.97 Å². The van der Waals surface area contributed by atoms with E-state index >= 15 is 0 Å². The average Bonchev–Trinajstić information content (AvgIpc) is 3.63. The summed E-state index contributed by atoms with van der Waals surface area (Å²) in [5.74, 6) is 0. The molecule has 0 N–H and O–H groups in total. The SMILES string of the molecule is c1cc(-c2cccc(-c3cccc4c3sc3ccccc34)c2)cc(-c2cnc3oc4ccc5ccccc5c4c3n2)c1. The molecular formula is C38H22N2OS. The summed E-state index contributed by atoms with van der Waals surface area (Å²) in [6.07, 6.45) is 1.81. The maximum Gasteiger partial charge on any atom is 0.246 e. The number of hydrogen-bond donors (Lipinski definition) is 0. The van der Waals surface area contributed by atoms with Crippen LogP contribution in [0.1, 0.15) is 0 Å². The third kappa shape index (κ3) is 3.59. The molecule has 0 spiro atoms. The minimum atomic E-state index is 0.560. The number of rotatable bonds is 3. The molecule has 9 aromatic rings. The zero-order chi connectivity index (χ0) is 27.6. The summed E-state index contributed by atoms with van der Waals surface area (Å²) in [5.41, 5.74) is 8.80. The molecule has 3 heterocycles. The molecule has 0 bridgehead atoms. The zero-order valence-corrected chi connectivity index (χ0v) is 23.2. The molecule has 0 fully saturated rings. The summed E-state index contributed by atoms with van der Waals surface area (Å²) in [5, 5.41) is 5.93. The van der Waals surface area contributed by atoms with Gasteiger partial charge in [0.25, 0.3) is 0 Å². The van der Waals surface area contributed by atoms with Crippen molar-refractivity contribution in [1.29, 1.82) is 0 Å². The van der Waals surface area contributed by atoms with E-state index < -0.39 is 0 Å². The number of furan rings is 1. The predicted molar refractivity (Wildman–Crippen MR) is 176 cm³/mol. The van der Waals surface area contributed by atoms with Crippen molar-refractivity contribution < 1.29 is 4.42 Å². The topological polar surface area (TPSA) is 38.9 Å². The van der Waals surface area contributed by atoms with Crippen LogP contribution < -0.4 is 0 Å². The third-order valence-electron chi connectivity index (χ3n) is 8.14. The molecule has 0 atom stereocenters. The summed E-state index contributed by atoms with van der Waals surface area (Å²) in [6.45, 7) is 0. The number of thiophene rings is 1. The van der Waals surface area contributed by atoms with E-state index in [1.54, 1.807) is 0 Å². The lowest BCUT2D eigenvalue weighted by atomic mass is 9.96. The first kappa shape index (κ1) is 23.4. The van der Waals surface area contributed by atoms with Crippen LogP contribution in [0.2, 0.25) is 0 Å². The molecule has 3 aromatic heterocycles. The predicted octanol–water partition coefficient (Wildman–Crippen LogP) is 10.9. The summed E-state index contributed by atoms with van der Waals surface area (Å²) in [4.78, 5) is 9.76. The number of nitrogens with zero attached hydrogens (tertiary/aromatic N) is 2. The Balaban J connectivity index is 1.15. The van der Waals surface area contributed by atoms with Gasteiger partial charge >= 0.3 is 0 Å². The Bertz CT molecular complexity index is 2490. The maximum atomic E-state index is 6.08. The molecule has 0 aliphatic carbocycles. The van der Waals surface area contributed by atoms with Crippen molar-refractivity contribution in [2.24, 2.45) is 0 Å². The van der Waals surface area contributed by atoms with E-state index in [1.807, 2.05) is 23.6 Å². The smallest absolute Gasteiger partial charge is 0.246 e. The molecule has 0 saturated heterocycles. The lowest BCUT2D eigenvalue weighted by molar-refractivity contribution is 0.653. The van der Waals surface area contributed by atoms with Gasteiger partial charge in [-0.15, -0.1) is 11.3 Å². The van der Waals surface area contributed by atoms with Gasteiger partial charge in [0.15, 0.2) is 0 Å². The lowest BCUT2D eigenvalue weighted by Crippen LogP contribution is -1.88. The Morgan fingerprint density at radius 3 is 2.19 bits per heavy atom. The average molecular weight is 555 g/mol. The van der Waals surface area contributed by atoms with E-state index in [4.69, 9.17) is 9.40 Å². The molecule has 0 aliphatic rings. The molecule has 0 saturated carbocycles. The first-order chi connectivity index (χ1) is 20.8. The van der Waals surface area contributed by atoms with Crippen LogP contribution in [0.25, 0.3) is 86.7 Å². The highest BCUT2D eigenvalue weighted by molar-refractivity contribution is 7.26. The zero-order valence-electron chi connectivity index (χ0n) is 22.4. The van der Waals surface area contributed by atoms with Gasteiger partial charge in [0, 0.05) is 25.7 Å². The Kier molecular flexibility index (Phi) is 5.07. The van der Waals surface area contributed by atoms with Crippen molar-refractivity contribution in [2.45, 2.75) is 0 Å². The number of aromatic nitrogens is 2. The largest absolute Gasteiger partial charge is 0.436 e. The van der Waals surface area contributed by atoms with Crippen LogP contribution in [0.15, 0.2) is 138 Å². The highest BCUT2D eigenvalue weighted by Gasteiger charge is 2.15. The molecule has 0 radical (unpaired) electrons. The standard InChI is InChI=1S/C38H22N2OS/c1-2-13-28-23(8-1)18-19-33-35(28)36-38(41-33)39-22-32(40-36)27-12-6-10-25(21-27)24-9-5-11-26(20-24)29-15-7-16-31-30-14-3-4-17-34(30)42-37(29)31/h1-22H. The molecule has 9 rings (SSSR count). The van der Waals surface area contributed by atoms with E-state index in [9.17, 15) is 0 Å². The lowest BCUT2D eigenvalue weighted by Gasteiger charge is -2.09. The Morgan fingerprint density at radius 1 is 0.571 bits per heavy atom. The molecule has 4 heteroatoms. The van der Waals surface area contributed by atoms with Gasteiger partial charge in [0.05, 0.1) is 17.3 Å². The molecule has 6 aromatic carbocycles. The van der Waals surface area contributed by atoms with Gasteiger partial charge in [0.2, 0.25) is 5.71 Å². The van der Waals surface area contributed by atoms with Crippen molar-refractivity contribution in [3.05, 3.63) is 134 Å². The molecule has 0 amide bonds. The van der Waals surface area contributed by atoms with Crippen LogP contribution in [0, 0.1) is 0 Å². The quantitative estimate of drug-likeness (QED) is 0.218. The van der Waals surface area contributed by atoms with Gasteiger partial charge in [-0.05, 0) is 57.3 Å². The molecule has 42 heavy (non-hydrogen) atoms. The summed E-state index contributed by atoms with van der Waals surface area (Å²) >= 11 is 1.86. The Morgan fingerprint density at radius 2 is 1.29 bits per heavy atom. The van der Waals surface area contributed by atoms with Gasteiger partial charge in [0.1, 0.15) is 11.1 Å². The van der Waals surface area contributed by atoms with Gasteiger partial charge in [-0.3, -0.25) is 0 Å².